The summed E-state index contributed by atoms with van der Waals surface area (Å²) in [5, 5.41) is 0. The molecule has 0 fully saturated rings. The van der Waals surface area contributed by atoms with Gasteiger partial charge in [0.05, 0.1) is 31.2 Å². The van der Waals surface area contributed by atoms with E-state index in [0.29, 0.717) is 42.2 Å². The van der Waals surface area contributed by atoms with Crippen LogP contribution in [-0.2, 0) is 11.3 Å². The average molecular weight is 364 g/mol. The summed E-state index contributed by atoms with van der Waals surface area (Å²) in [6.45, 7) is 3.37. The van der Waals surface area contributed by atoms with E-state index in [1.807, 2.05) is 16.7 Å². The fourth-order valence-corrected chi connectivity index (χ4v) is 3.71. The lowest BCUT2D eigenvalue weighted by Gasteiger charge is -2.31. The van der Waals surface area contributed by atoms with Gasteiger partial charge in [0.2, 0.25) is 11.6 Å². The summed E-state index contributed by atoms with van der Waals surface area (Å²) in [7, 11) is 1.62. The number of rotatable bonds is 5. The molecule has 0 saturated heterocycles. The van der Waals surface area contributed by atoms with Gasteiger partial charge in [0.1, 0.15) is 11.4 Å². The van der Waals surface area contributed by atoms with Gasteiger partial charge in [-0.05, 0) is 6.92 Å². The van der Waals surface area contributed by atoms with E-state index in [-0.39, 0.29) is 17.7 Å². The predicted octanol–water partition coefficient (Wildman–Crippen LogP) is 1.88. The quantitative estimate of drug-likeness (QED) is 0.802. The molecule has 0 amide bonds. The van der Waals surface area contributed by atoms with Gasteiger partial charge >= 0.3 is 0 Å². The zero-order valence-electron chi connectivity index (χ0n) is 15.3. The summed E-state index contributed by atoms with van der Waals surface area (Å²) >= 11 is 0. The Kier molecular flexibility index (Phi) is 4.45. The van der Waals surface area contributed by atoms with Crippen molar-refractivity contribution in [1.29, 1.82) is 0 Å². The van der Waals surface area contributed by atoms with Gasteiger partial charge in [-0.1, -0.05) is 24.3 Å². The molecule has 7 nitrogen and oxygen atoms in total. The van der Waals surface area contributed by atoms with Crippen LogP contribution in [0.3, 0.4) is 0 Å². The topological polar surface area (TPSA) is 75.6 Å². The molecule has 1 aliphatic heterocycles. The average Bonchev–Trinajstić information content (AvgIpc) is 2.97. The molecule has 4 rings (SSSR count). The van der Waals surface area contributed by atoms with Gasteiger partial charge in [0, 0.05) is 37.2 Å². The smallest absolute Gasteiger partial charge is 0.212 e. The van der Waals surface area contributed by atoms with Crippen LogP contribution < -0.4 is 0 Å². The number of fused-ring (bicyclic) bond motifs is 1. The zero-order chi connectivity index (χ0) is 19.0. The molecule has 0 radical (unpaired) electrons. The Morgan fingerprint density at radius 3 is 2.30 bits per heavy atom. The summed E-state index contributed by atoms with van der Waals surface area (Å²) in [5.74, 6) is -0.249. The molecule has 0 spiro atoms. The molecular weight excluding hydrogens is 344 g/mol. The largest absolute Gasteiger partial charge is 0.383 e. The van der Waals surface area contributed by atoms with Crippen molar-refractivity contribution in [1.82, 2.24) is 19.8 Å². The number of ketones is 2. The first-order valence-electron chi connectivity index (χ1n) is 8.83. The van der Waals surface area contributed by atoms with Crippen molar-refractivity contribution in [2.75, 3.05) is 20.3 Å². The van der Waals surface area contributed by atoms with Crippen LogP contribution in [0, 0.1) is 0 Å². The van der Waals surface area contributed by atoms with Crippen LogP contribution in [-0.4, -0.2) is 57.8 Å². The highest BCUT2D eigenvalue weighted by atomic mass is 16.5. The molecular formula is C20H20N4O3. The Labute approximate surface area is 157 Å². The molecule has 2 aliphatic rings. The lowest BCUT2D eigenvalue weighted by molar-refractivity contribution is 0.0867. The van der Waals surface area contributed by atoms with Crippen LogP contribution >= 0.6 is 0 Å². The van der Waals surface area contributed by atoms with Crippen LogP contribution in [0.4, 0.5) is 0 Å². The summed E-state index contributed by atoms with van der Waals surface area (Å²) in [5.41, 5.74) is 2.53. The van der Waals surface area contributed by atoms with Crippen molar-refractivity contribution in [3.8, 4) is 0 Å². The van der Waals surface area contributed by atoms with E-state index >= 15 is 0 Å². The molecule has 138 valence electrons. The summed E-state index contributed by atoms with van der Waals surface area (Å²) < 4.78 is 5.22. The number of carbonyl (C=O) groups excluding carboxylic acids is 2. The summed E-state index contributed by atoms with van der Waals surface area (Å²) in [6, 6.07) is 6.99. The number of benzene rings is 1. The second-order valence-electron chi connectivity index (χ2n) is 6.54. The fourth-order valence-electron chi connectivity index (χ4n) is 3.71. The highest BCUT2D eigenvalue weighted by Crippen LogP contribution is 2.38. The molecule has 1 aromatic carbocycles. The Balaban J connectivity index is 1.80. The summed E-state index contributed by atoms with van der Waals surface area (Å²) in [6.07, 6.45) is 4.73. The van der Waals surface area contributed by atoms with Gasteiger partial charge in [-0.25, -0.2) is 0 Å². The van der Waals surface area contributed by atoms with E-state index in [2.05, 4.69) is 9.97 Å². The second-order valence-corrected chi connectivity index (χ2v) is 6.54. The van der Waals surface area contributed by atoms with Crippen molar-refractivity contribution >= 4 is 11.6 Å². The van der Waals surface area contributed by atoms with Crippen LogP contribution in [0.25, 0.3) is 0 Å². The highest BCUT2D eigenvalue weighted by molar-refractivity contribution is 6.26. The van der Waals surface area contributed by atoms with E-state index in [4.69, 9.17) is 4.74 Å². The van der Waals surface area contributed by atoms with E-state index in [9.17, 15) is 9.59 Å². The van der Waals surface area contributed by atoms with Gasteiger partial charge in [-0.2, -0.15) is 0 Å². The maximum Gasteiger partial charge on any atom is 0.212 e. The molecule has 7 heteroatoms. The first-order chi connectivity index (χ1) is 13.1. The number of ether oxygens (including phenoxy) is 1. The number of nitrogens with zero attached hydrogens (tertiary/aromatic N) is 4. The van der Waals surface area contributed by atoms with E-state index in [1.54, 1.807) is 50.0 Å². The minimum Gasteiger partial charge on any atom is -0.383 e. The molecule has 1 atom stereocenters. The van der Waals surface area contributed by atoms with Crippen molar-refractivity contribution < 1.29 is 14.3 Å². The number of aromatic nitrogens is 2. The van der Waals surface area contributed by atoms with E-state index < -0.39 is 0 Å². The molecule has 27 heavy (non-hydrogen) atoms. The van der Waals surface area contributed by atoms with Gasteiger partial charge in [-0.3, -0.25) is 19.6 Å². The number of hydrogen-bond donors (Lipinski definition) is 0. The molecule has 2 aromatic rings. The van der Waals surface area contributed by atoms with Crippen molar-refractivity contribution in [3.63, 3.8) is 0 Å². The fraction of sp³-hybridized carbons (Fsp3) is 0.300. The third-order valence-corrected chi connectivity index (χ3v) is 5.03. The van der Waals surface area contributed by atoms with Gasteiger partial charge in [0.15, 0.2) is 0 Å². The van der Waals surface area contributed by atoms with Crippen molar-refractivity contribution in [3.05, 3.63) is 71.1 Å². The molecule has 1 aromatic heterocycles. The third kappa shape index (κ3) is 2.80. The molecule has 0 N–H and O–H groups in total. The Morgan fingerprint density at radius 2 is 1.70 bits per heavy atom. The Bertz CT molecular complexity index is 926. The SMILES string of the molecule is COCCN1C2=C(C(=O)c3ccccc3C2=O)N(Cc2cnccn2)[C@H]1C. The number of hydrogen-bond acceptors (Lipinski definition) is 7. The van der Waals surface area contributed by atoms with Gasteiger partial charge in [0.25, 0.3) is 0 Å². The highest BCUT2D eigenvalue weighted by Gasteiger charge is 2.45. The summed E-state index contributed by atoms with van der Waals surface area (Å²) in [4.78, 5) is 38.8. The number of Topliss-reactive ketones (excluding diaryl/α,β-unsaturated/α-hetero) is 2. The molecule has 0 unspecified atom stereocenters. The lowest BCUT2D eigenvalue weighted by Crippen LogP contribution is -2.40. The standard InChI is InChI=1S/C20H20N4O3/c1-13-23(9-10-27-2)17-18(24(13)12-14-11-21-7-8-22-14)20(26)16-6-4-3-5-15(16)19(17)25/h3-8,11,13H,9-10,12H2,1-2H3/t13-/m0/s1. The van der Waals surface area contributed by atoms with Crippen LogP contribution in [0.5, 0.6) is 0 Å². The minimum atomic E-state index is -0.172. The van der Waals surface area contributed by atoms with Gasteiger partial charge < -0.3 is 14.5 Å². The first kappa shape index (κ1) is 17.4. The Hall–Kier alpha value is -3.06. The normalized spacial score (nSPS) is 18.8. The first-order valence-corrected chi connectivity index (χ1v) is 8.83. The minimum absolute atomic E-state index is 0.121. The second kappa shape index (κ2) is 6.92. The lowest BCUT2D eigenvalue weighted by atomic mass is 9.90. The zero-order valence-corrected chi connectivity index (χ0v) is 15.3. The van der Waals surface area contributed by atoms with Crippen LogP contribution in [0.2, 0.25) is 0 Å². The molecule has 0 saturated carbocycles. The van der Waals surface area contributed by atoms with Crippen molar-refractivity contribution in [2.24, 2.45) is 0 Å². The van der Waals surface area contributed by atoms with E-state index in [0.717, 1.165) is 5.69 Å². The monoisotopic (exact) mass is 364 g/mol. The maximum absolute atomic E-state index is 13.3. The maximum atomic E-state index is 13.3. The van der Waals surface area contributed by atoms with E-state index in [1.165, 1.54) is 0 Å². The van der Waals surface area contributed by atoms with Crippen molar-refractivity contribution in [2.45, 2.75) is 19.6 Å². The third-order valence-electron chi connectivity index (χ3n) is 5.03. The molecule has 1 aliphatic carbocycles. The van der Waals surface area contributed by atoms with Gasteiger partial charge in [-0.15, -0.1) is 0 Å². The van der Waals surface area contributed by atoms with Crippen LogP contribution in [0.15, 0.2) is 54.3 Å². The van der Waals surface area contributed by atoms with Crippen LogP contribution in [0.1, 0.15) is 33.3 Å². The number of allylic oxidation sites excluding steroid dienone is 2. The number of methoxy groups -OCH3 is 1. The number of carbonyl (C=O) groups is 2. The molecule has 0 bridgehead atoms. The Morgan fingerprint density at radius 1 is 1.04 bits per heavy atom. The predicted molar refractivity (Wildman–Crippen MR) is 97.7 cm³/mol. The molecule has 2 heterocycles.